The number of carbonyl (C=O) groups excluding carboxylic acids is 1. The van der Waals surface area contributed by atoms with Crippen LogP contribution in [-0.2, 0) is 4.79 Å². The Morgan fingerprint density at radius 1 is 1.14 bits per heavy atom. The molecule has 184 valence electrons. The lowest BCUT2D eigenvalue weighted by atomic mass is 10.3. The number of thiazole rings is 1. The summed E-state index contributed by atoms with van der Waals surface area (Å²) < 4.78 is 40.4. The lowest BCUT2D eigenvalue weighted by molar-refractivity contribution is -0.149. The second-order valence-corrected chi connectivity index (χ2v) is 10.3. The van der Waals surface area contributed by atoms with Crippen molar-refractivity contribution in [1.29, 1.82) is 0 Å². The van der Waals surface area contributed by atoms with Gasteiger partial charge in [0, 0.05) is 56.4 Å². The molecule has 1 amide bonds. The first kappa shape index (κ1) is 24.0. The summed E-state index contributed by atoms with van der Waals surface area (Å²) in [7, 11) is 0. The first-order valence-electron chi connectivity index (χ1n) is 11.0. The summed E-state index contributed by atoms with van der Waals surface area (Å²) in [5.74, 6) is 0.483. The normalized spacial score (nSPS) is 15.7. The minimum absolute atomic E-state index is 0.158. The summed E-state index contributed by atoms with van der Waals surface area (Å²) in [5, 5.41) is 4.33. The van der Waals surface area contributed by atoms with Crippen LogP contribution >= 0.6 is 23.1 Å². The first-order chi connectivity index (χ1) is 16.8. The number of piperazine rings is 1. The molecule has 8 nitrogen and oxygen atoms in total. The number of imidazole rings is 1. The van der Waals surface area contributed by atoms with Gasteiger partial charge in [0.25, 0.3) is 0 Å². The number of aromatic nitrogens is 4. The number of carbonyl (C=O) groups is 1. The van der Waals surface area contributed by atoms with Crippen LogP contribution in [0.25, 0.3) is 16.0 Å². The molecule has 1 aromatic carbocycles. The van der Waals surface area contributed by atoms with E-state index in [-0.39, 0.29) is 12.3 Å². The van der Waals surface area contributed by atoms with E-state index in [1.54, 1.807) is 24.2 Å². The van der Waals surface area contributed by atoms with Crippen molar-refractivity contribution in [3.05, 3.63) is 42.9 Å². The molecule has 1 fully saturated rings. The highest BCUT2D eigenvalue weighted by atomic mass is 32.2. The molecule has 3 aromatic heterocycles. The lowest BCUT2D eigenvalue weighted by Crippen LogP contribution is -2.49. The van der Waals surface area contributed by atoms with Crippen LogP contribution < -0.4 is 5.32 Å². The summed E-state index contributed by atoms with van der Waals surface area (Å²) >= 11 is 2.97. The van der Waals surface area contributed by atoms with E-state index in [1.807, 2.05) is 39.8 Å². The maximum absolute atomic E-state index is 12.5. The molecule has 5 rings (SSSR count). The summed E-state index contributed by atoms with van der Waals surface area (Å²) in [4.78, 5) is 29.9. The van der Waals surface area contributed by atoms with Crippen LogP contribution in [0.4, 0.5) is 18.3 Å². The third kappa shape index (κ3) is 6.10. The first-order valence-corrected chi connectivity index (χ1v) is 12.6. The van der Waals surface area contributed by atoms with Crippen LogP contribution in [0.1, 0.15) is 6.42 Å². The Morgan fingerprint density at radius 2 is 1.94 bits per heavy atom. The van der Waals surface area contributed by atoms with E-state index in [0.717, 1.165) is 20.1 Å². The number of amides is 1. The van der Waals surface area contributed by atoms with Gasteiger partial charge in [0.1, 0.15) is 5.03 Å². The Morgan fingerprint density at radius 3 is 2.74 bits per heavy atom. The van der Waals surface area contributed by atoms with E-state index in [4.69, 9.17) is 0 Å². The molecule has 1 N–H and O–H groups in total. The van der Waals surface area contributed by atoms with E-state index in [1.165, 1.54) is 16.2 Å². The van der Waals surface area contributed by atoms with Crippen molar-refractivity contribution in [2.24, 2.45) is 0 Å². The lowest BCUT2D eigenvalue weighted by Gasteiger charge is -2.34. The molecule has 1 aliphatic rings. The van der Waals surface area contributed by atoms with Gasteiger partial charge < -0.3 is 10.2 Å². The quantitative estimate of drug-likeness (QED) is 0.394. The van der Waals surface area contributed by atoms with Crippen molar-refractivity contribution in [2.45, 2.75) is 22.5 Å². The number of halogens is 3. The summed E-state index contributed by atoms with van der Waals surface area (Å²) in [6.45, 7) is 1.37. The molecule has 0 radical (unpaired) electrons. The molecule has 1 aliphatic heterocycles. The van der Waals surface area contributed by atoms with E-state index in [0.29, 0.717) is 43.6 Å². The fraction of sp³-hybridized carbons (Fsp3) is 0.364. The molecule has 0 bridgehead atoms. The summed E-state index contributed by atoms with van der Waals surface area (Å²) in [6, 6.07) is 7.79. The highest BCUT2D eigenvalue weighted by Gasteiger charge is 2.32. The second-order valence-electron chi connectivity index (χ2n) is 8.17. The van der Waals surface area contributed by atoms with Gasteiger partial charge >= 0.3 is 6.18 Å². The minimum Gasteiger partial charge on any atom is -0.302 e. The second kappa shape index (κ2) is 10.1. The Balaban J connectivity index is 1.14. The van der Waals surface area contributed by atoms with Crippen LogP contribution in [0.3, 0.4) is 0 Å². The van der Waals surface area contributed by atoms with Crippen LogP contribution in [0.15, 0.2) is 52.8 Å². The van der Waals surface area contributed by atoms with E-state index in [9.17, 15) is 18.0 Å². The van der Waals surface area contributed by atoms with Crippen molar-refractivity contribution in [3.63, 3.8) is 0 Å². The van der Waals surface area contributed by atoms with Crippen LogP contribution in [-0.4, -0.2) is 80.5 Å². The third-order valence-electron chi connectivity index (χ3n) is 5.61. The maximum Gasteiger partial charge on any atom is 0.401 e. The van der Waals surface area contributed by atoms with E-state index < -0.39 is 12.7 Å². The van der Waals surface area contributed by atoms with Crippen molar-refractivity contribution in [2.75, 3.05) is 44.6 Å². The summed E-state index contributed by atoms with van der Waals surface area (Å²) in [5.41, 5.74) is 0.801. The Hall–Kier alpha value is -2.74. The molecule has 0 unspecified atom stereocenters. The van der Waals surface area contributed by atoms with Gasteiger partial charge in [-0.05, 0) is 24.3 Å². The van der Waals surface area contributed by atoms with Gasteiger partial charge in [0.05, 0.1) is 23.0 Å². The van der Waals surface area contributed by atoms with Crippen LogP contribution in [0, 0.1) is 0 Å². The topological polar surface area (TPSA) is 78.7 Å². The zero-order valence-electron chi connectivity index (χ0n) is 18.5. The van der Waals surface area contributed by atoms with Gasteiger partial charge in [0.2, 0.25) is 11.7 Å². The standard InChI is InChI=1S/C22H22F3N7OS2/c23-22(24,25)14-31-10-8-30(9-11-31)7-4-18(33)29-21-28-16-3-2-15(12-17(16)35-21)34-19-13-27-20-26-5-1-6-32(19)20/h1-3,5-6,12-13H,4,7-11,14H2,(H,28,29,33). The molecule has 4 aromatic rings. The van der Waals surface area contributed by atoms with Gasteiger partial charge in [0.15, 0.2) is 5.13 Å². The highest BCUT2D eigenvalue weighted by molar-refractivity contribution is 7.99. The van der Waals surface area contributed by atoms with Crippen molar-refractivity contribution in [1.82, 2.24) is 29.2 Å². The van der Waals surface area contributed by atoms with Crippen molar-refractivity contribution in [3.8, 4) is 0 Å². The smallest absolute Gasteiger partial charge is 0.302 e. The van der Waals surface area contributed by atoms with Crippen LogP contribution in [0.5, 0.6) is 0 Å². The SMILES string of the molecule is O=C(CCN1CCN(CC(F)(F)F)CC1)Nc1nc2ccc(Sc3cnc4ncccn34)cc2s1. The molecule has 0 atom stereocenters. The van der Waals surface area contributed by atoms with E-state index in [2.05, 4.69) is 20.3 Å². The number of hydrogen-bond donors (Lipinski definition) is 1. The number of hydrogen-bond acceptors (Lipinski definition) is 8. The van der Waals surface area contributed by atoms with Crippen LogP contribution in [0.2, 0.25) is 0 Å². The number of nitrogens with zero attached hydrogens (tertiary/aromatic N) is 6. The molecule has 13 heteroatoms. The number of rotatable bonds is 7. The van der Waals surface area contributed by atoms with Gasteiger partial charge in [-0.1, -0.05) is 23.1 Å². The molecule has 4 heterocycles. The van der Waals surface area contributed by atoms with Gasteiger partial charge in [-0.25, -0.2) is 15.0 Å². The maximum atomic E-state index is 12.5. The number of alkyl halides is 3. The van der Waals surface area contributed by atoms with Gasteiger partial charge in [-0.15, -0.1) is 0 Å². The average Bonchev–Trinajstić information content (AvgIpc) is 3.41. The molecule has 0 aliphatic carbocycles. The Bertz CT molecular complexity index is 1330. The Labute approximate surface area is 207 Å². The molecular weight excluding hydrogens is 499 g/mol. The largest absolute Gasteiger partial charge is 0.401 e. The molecule has 35 heavy (non-hydrogen) atoms. The molecule has 1 saturated heterocycles. The van der Waals surface area contributed by atoms with Crippen molar-refractivity contribution >= 4 is 50.1 Å². The molecule has 0 saturated carbocycles. The Kier molecular flexibility index (Phi) is 6.91. The molecular formula is C22H22F3N7OS2. The summed E-state index contributed by atoms with van der Waals surface area (Å²) in [6.07, 6.45) is 1.49. The number of benzene rings is 1. The number of fused-ring (bicyclic) bond motifs is 2. The number of anilines is 1. The van der Waals surface area contributed by atoms with Crippen molar-refractivity contribution < 1.29 is 18.0 Å². The average molecular weight is 522 g/mol. The predicted molar refractivity (Wildman–Crippen MR) is 129 cm³/mol. The fourth-order valence-corrected chi connectivity index (χ4v) is 5.79. The zero-order valence-corrected chi connectivity index (χ0v) is 20.2. The van der Waals surface area contributed by atoms with Gasteiger partial charge in [-0.2, -0.15) is 13.2 Å². The van der Waals surface area contributed by atoms with Gasteiger partial charge in [-0.3, -0.25) is 14.1 Å². The predicted octanol–water partition coefficient (Wildman–Crippen LogP) is 4.00. The number of nitrogens with one attached hydrogen (secondary N) is 1. The zero-order chi connectivity index (χ0) is 24.4. The monoisotopic (exact) mass is 521 g/mol. The van der Waals surface area contributed by atoms with E-state index >= 15 is 0 Å². The minimum atomic E-state index is -4.18. The third-order valence-corrected chi connectivity index (χ3v) is 7.54. The highest BCUT2D eigenvalue weighted by Crippen LogP contribution is 2.33. The molecule has 0 spiro atoms. The fourth-order valence-electron chi connectivity index (χ4n) is 3.89.